The smallest absolute Gasteiger partial charge is 0.242 e. The van der Waals surface area contributed by atoms with Crippen LogP contribution in [-0.4, -0.2) is 40.2 Å². The van der Waals surface area contributed by atoms with Crippen LogP contribution in [0.25, 0.3) is 0 Å². The highest BCUT2D eigenvalue weighted by Gasteiger charge is 2.38. The zero-order valence-corrected chi connectivity index (χ0v) is 15.8. The molecule has 0 bridgehead atoms. The summed E-state index contributed by atoms with van der Waals surface area (Å²) in [6.45, 7) is 11.1. The minimum Gasteiger partial charge on any atom is -0.326 e. The predicted octanol–water partition coefficient (Wildman–Crippen LogP) is 3.28. The summed E-state index contributed by atoms with van der Waals surface area (Å²) in [6.07, 6.45) is 0.162. The summed E-state index contributed by atoms with van der Waals surface area (Å²) in [7, 11) is 0. The lowest BCUT2D eigenvalue weighted by Crippen LogP contribution is -2.33. The minimum atomic E-state index is -0.388. The van der Waals surface area contributed by atoms with Gasteiger partial charge in [-0.05, 0) is 45.7 Å². The van der Waals surface area contributed by atoms with Crippen molar-refractivity contribution in [1.29, 1.82) is 0 Å². The Morgan fingerprint density at radius 1 is 1.25 bits per heavy atom. The van der Waals surface area contributed by atoms with Gasteiger partial charge in [0.25, 0.3) is 0 Å². The van der Waals surface area contributed by atoms with Crippen LogP contribution in [0.3, 0.4) is 0 Å². The highest BCUT2D eigenvalue weighted by atomic mass is 32.2. The molecule has 0 spiro atoms. The minimum absolute atomic E-state index is 0.0257. The van der Waals surface area contributed by atoms with E-state index in [4.69, 9.17) is 0 Å². The van der Waals surface area contributed by atoms with Crippen molar-refractivity contribution in [2.24, 2.45) is 4.99 Å². The van der Waals surface area contributed by atoms with E-state index < -0.39 is 0 Å². The molecule has 2 rings (SSSR count). The number of nitrogens with zero attached hydrogens (tertiary/aromatic N) is 2. The second-order valence-electron chi connectivity index (χ2n) is 5.97. The quantitative estimate of drug-likeness (QED) is 0.889. The summed E-state index contributed by atoms with van der Waals surface area (Å²) < 4.78 is 0. The average molecular weight is 347 g/mol. The van der Waals surface area contributed by atoms with Gasteiger partial charge in [-0.15, -0.1) is 0 Å². The standard InChI is InChI=1S/C18H25N3O2S/c1-6-19-18-21(7-2)17(23)14(24-18)10-15(22)20-16-12(4)8-11(3)9-13(16)5/h8-9,14H,6-7,10H2,1-5H3,(H,20,22)/t14-/m1/s1. The van der Waals surface area contributed by atoms with Gasteiger partial charge in [-0.25, -0.2) is 0 Å². The summed E-state index contributed by atoms with van der Waals surface area (Å²) in [4.78, 5) is 30.9. The van der Waals surface area contributed by atoms with Crippen LogP contribution in [0.1, 0.15) is 37.0 Å². The Kier molecular flexibility index (Phi) is 6.04. The molecule has 0 saturated carbocycles. The molecular weight excluding hydrogens is 322 g/mol. The highest BCUT2D eigenvalue weighted by molar-refractivity contribution is 8.15. The molecule has 1 aromatic rings. The van der Waals surface area contributed by atoms with E-state index in [1.54, 1.807) is 4.90 Å². The fourth-order valence-corrected chi connectivity index (χ4v) is 4.19. The van der Waals surface area contributed by atoms with Crippen molar-refractivity contribution in [2.45, 2.75) is 46.3 Å². The SMILES string of the molecule is CCN=C1S[C@H](CC(=O)Nc2c(C)cc(C)cc2C)C(=O)N1CC. The van der Waals surface area contributed by atoms with Gasteiger partial charge >= 0.3 is 0 Å². The van der Waals surface area contributed by atoms with Crippen LogP contribution in [0.2, 0.25) is 0 Å². The molecule has 24 heavy (non-hydrogen) atoms. The van der Waals surface area contributed by atoms with Gasteiger partial charge in [0.2, 0.25) is 11.8 Å². The van der Waals surface area contributed by atoms with E-state index in [1.807, 2.05) is 46.8 Å². The topological polar surface area (TPSA) is 61.8 Å². The van der Waals surface area contributed by atoms with Crippen LogP contribution in [0.5, 0.6) is 0 Å². The molecule has 0 aliphatic carbocycles. The van der Waals surface area contributed by atoms with Gasteiger partial charge in [0, 0.05) is 25.2 Å². The molecule has 1 fully saturated rings. The lowest BCUT2D eigenvalue weighted by atomic mass is 10.0. The number of carbonyl (C=O) groups is 2. The Labute approximate surface area is 147 Å². The number of aryl methyl sites for hydroxylation is 3. The highest BCUT2D eigenvalue weighted by Crippen LogP contribution is 2.30. The van der Waals surface area contributed by atoms with Crippen LogP contribution in [-0.2, 0) is 9.59 Å². The molecule has 1 N–H and O–H groups in total. The van der Waals surface area contributed by atoms with Gasteiger partial charge in [0.1, 0.15) is 5.25 Å². The van der Waals surface area contributed by atoms with E-state index in [-0.39, 0.29) is 23.5 Å². The fraction of sp³-hybridized carbons (Fsp3) is 0.500. The summed E-state index contributed by atoms with van der Waals surface area (Å²) >= 11 is 1.39. The number of anilines is 1. The molecule has 1 aliphatic heterocycles. The van der Waals surface area contributed by atoms with Gasteiger partial charge in [-0.1, -0.05) is 29.5 Å². The number of amides is 2. The Balaban J connectivity index is 2.08. The Morgan fingerprint density at radius 2 is 1.88 bits per heavy atom. The third kappa shape index (κ3) is 3.98. The molecular formula is C18H25N3O2S. The number of amidine groups is 1. The van der Waals surface area contributed by atoms with Gasteiger partial charge in [-0.2, -0.15) is 0 Å². The Morgan fingerprint density at radius 3 is 2.42 bits per heavy atom. The number of nitrogens with one attached hydrogen (secondary N) is 1. The molecule has 2 amide bonds. The van der Waals surface area contributed by atoms with Crippen LogP contribution in [0.4, 0.5) is 5.69 Å². The predicted molar refractivity (Wildman–Crippen MR) is 101 cm³/mol. The third-order valence-corrected chi connectivity index (χ3v) is 5.16. The van der Waals surface area contributed by atoms with Gasteiger partial charge in [0.05, 0.1) is 0 Å². The molecule has 0 radical (unpaired) electrons. The van der Waals surface area contributed by atoms with Crippen LogP contribution in [0, 0.1) is 20.8 Å². The van der Waals surface area contributed by atoms with Crippen LogP contribution >= 0.6 is 11.8 Å². The third-order valence-electron chi connectivity index (χ3n) is 3.94. The number of rotatable bonds is 5. The molecule has 1 aliphatic rings. The Hall–Kier alpha value is -1.82. The largest absolute Gasteiger partial charge is 0.326 e. The summed E-state index contributed by atoms with van der Waals surface area (Å²) in [5, 5.41) is 3.31. The first-order valence-electron chi connectivity index (χ1n) is 8.27. The summed E-state index contributed by atoms with van der Waals surface area (Å²) in [6, 6.07) is 4.09. The maximum Gasteiger partial charge on any atom is 0.242 e. The normalized spacial score (nSPS) is 19.2. The number of hydrogen-bond acceptors (Lipinski definition) is 4. The van der Waals surface area contributed by atoms with Crippen molar-refractivity contribution in [3.8, 4) is 0 Å². The molecule has 1 heterocycles. The zero-order chi connectivity index (χ0) is 17.9. The van der Waals surface area contributed by atoms with Gasteiger partial charge in [0.15, 0.2) is 5.17 Å². The lowest BCUT2D eigenvalue weighted by Gasteiger charge is -2.14. The summed E-state index contributed by atoms with van der Waals surface area (Å²) in [5.74, 6) is -0.160. The molecule has 1 aromatic carbocycles. The van der Waals surface area contributed by atoms with Crippen LogP contribution < -0.4 is 5.32 Å². The average Bonchev–Trinajstić information content (AvgIpc) is 2.78. The number of thioether (sulfide) groups is 1. The first-order chi connectivity index (χ1) is 11.4. The number of carbonyl (C=O) groups excluding carboxylic acids is 2. The molecule has 130 valence electrons. The number of benzene rings is 1. The van der Waals surface area contributed by atoms with E-state index in [0.29, 0.717) is 13.1 Å². The van der Waals surface area contributed by atoms with Crippen molar-refractivity contribution < 1.29 is 9.59 Å². The summed E-state index contributed by atoms with van der Waals surface area (Å²) in [5.41, 5.74) is 4.09. The van der Waals surface area contributed by atoms with Crippen molar-refractivity contribution in [1.82, 2.24) is 4.90 Å². The fourth-order valence-electron chi connectivity index (χ4n) is 2.92. The first-order valence-corrected chi connectivity index (χ1v) is 9.15. The second-order valence-corrected chi connectivity index (χ2v) is 7.14. The van der Waals surface area contributed by atoms with Gasteiger partial charge in [-0.3, -0.25) is 19.5 Å². The van der Waals surface area contributed by atoms with E-state index in [2.05, 4.69) is 10.3 Å². The van der Waals surface area contributed by atoms with E-state index in [1.165, 1.54) is 17.3 Å². The van der Waals surface area contributed by atoms with E-state index in [9.17, 15) is 9.59 Å². The molecule has 0 aromatic heterocycles. The zero-order valence-electron chi connectivity index (χ0n) is 15.0. The Bertz CT molecular complexity index is 662. The van der Waals surface area contributed by atoms with Crippen molar-refractivity contribution in [3.63, 3.8) is 0 Å². The molecule has 5 nitrogen and oxygen atoms in total. The first kappa shape index (κ1) is 18.5. The molecule has 6 heteroatoms. The molecule has 1 saturated heterocycles. The lowest BCUT2D eigenvalue weighted by molar-refractivity contribution is -0.128. The number of aliphatic imine (C=N–C) groups is 1. The molecule has 1 atom stereocenters. The van der Waals surface area contributed by atoms with E-state index in [0.717, 1.165) is 22.0 Å². The van der Waals surface area contributed by atoms with Crippen molar-refractivity contribution in [2.75, 3.05) is 18.4 Å². The van der Waals surface area contributed by atoms with Crippen LogP contribution in [0.15, 0.2) is 17.1 Å². The maximum absolute atomic E-state index is 12.4. The monoisotopic (exact) mass is 347 g/mol. The van der Waals surface area contributed by atoms with Gasteiger partial charge < -0.3 is 5.32 Å². The maximum atomic E-state index is 12.4. The molecule has 0 unspecified atom stereocenters. The van der Waals surface area contributed by atoms with Crippen molar-refractivity contribution in [3.05, 3.63) is 28.8 Å². The second kappa shape index (κ2) is 7.83. The van der Waals surface area contributed by atoms with Crippen molar-refractivity contribution >= 4 is 34.4 Å². The number of hydrogen-bond donors (Lipinski definition) is 1. The van der Waals surface area contributed by atoms with E-state index >= 15 is 0 Å².